The summed E-state index contributed by atoms with van der Waals surface area (Å²) in [6.45, 7) is 2.48. The number of nitrogens with one attached hydrogen (secondary N) is 1. The lowest BCUT2D eigenvalue weighted by Gasteiger charge is -2.03. The number of fused-ring (bicyclic) bond motifs is 1. The molecule has 27 heavy (non-hydrogen) atoms. The molecule has 0 radical (unpaired) electrons. The van der Waals surface area contributed by atoms with Crippen LogP contribution in [0, 0.1) is 6.92 Å². The lowest BCUT2D eigenvalue weighted by Crippen LogP contribution is -2.22. The number of benzene rings is 2. The fourth-order valence-electron chi connectivity index (χ4n) is 2.65. The first-order valence-electron chi connectivity index (χ1n) is 8.58. The zero-order valence-electron chi connectivity index (χ0n) is 14.8. The predicted molar refractivity (Wildman–Crippen MR) is 105 cm³/mol. The number of carbonyl (C=O) groups excluding carboxylic acids is 1. The summed E-state index contributed by atoms with van der Waals surface area (Å²) in [5, 5.41) is 3.44. The molecule has 0 unspecified atom stereocenters. The number of nitrogens with zero attached hydrogens (tertiary/aromatic N) is 1. The molecule has 0 aliphatic carbocycles. The minimum absolute atomic E-state index is 0.229. The molecule has 1 amide bonds. The van der Waals surface area contributed by atoms with Crippen LogP contribution < -0.4 is 5.32 Å². The van der Waals surface area contributed by atoms with Crippen LogP contribution >= 0.6 is 11.8 Å². The first-order chi connectivity index (χ1) is 13.2. The molecule has 2 aromatic heterocycles. The van der Waals surface area contributed by atoms with Crippen molar-refractivity contribution in [3.8, 4) is 0 Å². The molecule has 5 nitrogen and oxygen atoms in total. The molecule has 0 saturated heterocycles. The Bertz CT molecular complexity index is 1070. The molecule has 1 N–H and O–H groups in total. The van der Waals surface area contributed by atoms with Crippen molar-refractivity contribution in [2.45, 2.75) is 24.4 Å². The Morgan fingerprint density at radius 3 is 2.78 bits per heavy atom. The fourth-order valence-corrected chi connectivity index (χ4v) is 3.38. The van der Waals surface area contributed by atoms with Gasteiger partial charge >= 0.3 is 0 Å². The molecule has 6 heteroatoms. The van der Waals surface area contributed by atoms with Gasteiger partial charge in [0.25, 0.3) is 11.1 Å². The van der Waals surface area contributed by atoms with Crippen molar-refractivity contribution >= 4 is 28.8 Å². The quantitative estimate of drug-likeness (QED) is 0.481. The molecule has 0 saturated carbocycles. The highest BCUT2D eigenvalue weighted by Gasteiger charge is 2.13. The number of carbonyl (C=O) groups is 1. The highest BCUT2D eigenvalue weighted by molar-refractivity contribution is 7.98. The van der Waals surface area contributed by atoms with Crippen molar-refractivity contribution in [3.63, 3.8) is 0 Å². The molecule has 2 heterocycles. The Labute approximate surface area is 160 Å². The van der Waals surface area contributed by atoms with Gasteiger partial charge in [-0.15, -0.1) is 0 Å². The lowest BCUT2D eigenvalue weighted by atomic mass is 10.2. The number of aromatic nitrogens is 1. The van der Waals surface area contributed by atoms with Crippen molar-refractivity contribution in [3.05, 3.63) is 83.3 Å². The van der Waals surface area contributed by atoms with Crippen LogP contribution in [0.3, 0.4) is 0 Å². The van der Waals surface area contributed by atoms with E-state index in [2.05, 4.69) is 10.3 Å². The van der Waals surface area contributed by atoms with Gasteiger partial charge in [-0.3, -0.25) is 4.79 Å². The number of rotatable bonds is 6. The maximum Gasteiger partial charge on any atom is 0.287 e. The largest absolute Gasteiger partial charge is 0.455 e. The smallest absolute Gasteiger partial charge is 0.287 e. The summed E-state index contributed by atoms with van der Waals surface area (Å²) >= 11 is 1.44. The molecule has 4 rings (SSSR count). The third-order valence-corrected chi connectivity index (χ3v) is 4.89. The van der Waals surface area contributed by atoms with Gasteiger partial charge in [-0.25, -0.2) is 4.98 Å². The number of aryl methyl sites for hydroxylation is 1. The van der Waals surface area contributed by atoms with E-state index in [1.165, 1.54) is 11.8 Å². The van der Waals surface area contributed by atoms with E-state index in [1.54, 1.807) is 12.1 Å². The van der Waals surface area contributed by atoms with Crippen molar-refractivity contribution in [1.82, 2.24) is 10.3 Å². The molecule has 0 fully saturated rings. The number of furan rings is 1. The van der Waals surface area contributed by atoms with Crippen molar-refractivity contribution in [2.75, 3.05) is 0 Å². The Morgan fingerprint density at radius 2 is 1.93 bits per heavy atom. The van der Waals surface area contributed by atoms with E-state index in [0.29, 0.717) is 29.0 Å². The molecule has 0 bridgehead atoms. The Morgan fingerprint density at radius 1 is 1.07 bits per heavy atom. The molecular weight excluding hydrogens is 360 g/mol. The van der Waals surface area contributed by atoms with E-state index in [9.17, 15) is 4.79 Å². The fraction of sp³-hybridized carbons (Fsp3) is 0.143. The van der Waals surface area contributed by atoms with E-state index in [1.807, 2.05) is 55.5 Å². The van der Waals surface area contributed by atoms with Crippen molar-refractivity contribution in [1.29, 1.82) is 0 Å². The Hall–Kier alpha value is -2.99. The molecular formula is C21H18N2O3S. The Kier molecular flexibility index (Phi) is 4.98. The van der Waals surface area contributed by atoms with Gasteiger partial charge in [0.1, 0.15) is 11.3 Å². The van der Waals surface area contributed by atoms with Gasteiger partial charge < -0.3 is 14.2 Å². The lowest BCUT2D eigenvalue weighted by molar-refractivity contribution is 0.0922. The van der Waals surface area contributed by atoms with Gasteiger partial charge in [0.05, 0.1) is 5.75 Å². The molecule has 4 aromatic rings. The summed E-state index contributed by atoms with van der Waals surface area (Å²) in [5.74, 6) is 1.31. The van der Waals surface area contributed by atoms with Gasteiger partial charge in [-0.1, -0.05) is 48.2 Å². The van der Waals surface area contributed by atoms with Crippen LogP contribution in [0.25, 0.3) is 11.1 Å². The average Bonchev–Trinajstić information content (AvgIpc) is 3.31. The highest BCUT2D eigenvalue weighted by atomic mass is 32.2. The normalized spacial score (nSPS) is 11.0. The van der Waals surface area contributed by atoms with E-state index in [0.717, 1.165) is 22.2 Å². The van der Waals surface area contributed by atoms with E-state index < -0.39 is 0 Å². The van der Waals surface area contributed by atoms with Crippen LogP contribution in [0.15, 0.2) is 74.7 Å². The molecule has 136 valence electrons. The maximum atomic E-state index is 12.2. The summed E-state index contributed by atoms with van der Waals surface area (Å²) in [7, 11) is 0. The van der Waals surface area contributed by atoms with Crippen molar-refractivity contribution in [2.24, 2.45) is 0 Å². The molecule has 2 aromatic carbocycles. The van der Waals surface area contributed by atoms with Crippen LogP contribution in [0.4, 0.5) is 0 Å². The van der Waals surface area contributed by atoms with Gasteiger partial charge in [-0.05, 0) is 42.3 Å². The van der Waals surface area contributed by atoms with Gasteiger partial charge in [-0.2, -0.15) is 0 Å². The second kappa shape index (κ2) is 7.72. The van der Waals surface area contributed by atoms with Gasteiger partial charge in [0.2, 0.25) is 0 Å². The summed E-state index contributed by atoms with van der Waals surface area (Å²) in [5.41, 5.74) is 3.79. The minimum atomic E-state index is -0.229. The SMILES string of the molecule is Cc1ccc2nc(SCc3ccc(C(=O)NCc4ccccc4)o3)oc2c1. The minimum Gasteiger partial charge on any atom is -0.455 e. The molecule has 0 aliphatic heterocycles. The van der Waals surface area contributed by atoms with Crippen LogP contribution in [-0.2, 0) is 12.3 Å². The third-order valence-electron chi connectivity index (χ3n) is 4.04. The van der Waals surface area contributed by atoms with Gasteiger partial charge in [0, 0.05) is 6.54 Å². The molecule has 0 spiro atoms. The highest BCUT2D eigenvalue weighted by Crippen LogP contribution is 2.27. The molecule has 0 atom stereocenters. The topological polar surface area (TPSA) is 68.3 Å². The maximum absolute atomic E-state index is 12.2. The number of oxazole rings is 1. The summed E-state index contributed by atoms with van der Waals surface area (Å²) in [6.07, 6.45) is 0. The summed E-state index contributed by atoms with van der Waals surface area (Å²) in [4.78, 5) is 16.7. The summed E-state index contributed by atoms with van der Waals surface area (Å²) < 4.78 is 11.4. The second-order valence-electron chi connectivity index (χ2n) is 6.17. The first kappa shape index (κ1) is 17.4. The monoisotopic (exact) mass is 378 g/mol. The van der Waals surface area contributed by atoms with Crippen LogP contribution in [-0.4, -0.2) is 10.9 Å². The second-order valence-corrected chi connectivity index (χ2v) is 7.10. The predicted octanol–water partition coefficient (Wildman–Crippen LogP) is 4.95. The third kappa shape index (κ3) is 4.23. The van der Waals surface area contributed by atoms with E-state index in [-0.39, 0.29) is 5.91 Å². The average molecular weight is 378 g/mol. The first-order valence-corrected chi connectivity index (χ1v) is 9.57. The Balaban J connectivity index is 1.35. The van der Waals surface area contributed by atoms with Crippen LogP contribution in [0.1, 0.15) is 27.4 Å². The van der Waals surface area contributed by atoms with E-state index >= 15 is 0 Å². The number of amides is 1. The zero-order valence-corrected chi connectivity index (χ0v) is 15.6. The number of thioether (sulfide) groups is 1. The van der Waals surface area contributed by atoms with E-state index in [4.69, 9.17) is 8.83 Å². The standard InChI is InChI=1S/C21H18N2O3S/c1-14-7-9-17-19(11-14)26-21(23-17)27-13-16-8-10-18(25-16)20(24)22-12-15-5-3-2-4-6-15/h2-11H,12-13H2,1H3,(H,22,24). The molecule has 0 aliphatic rings. The number of hydrogen-bond donors (Lipinski definition) is 1. The zero-order chi connectivity index (χ0) is 18.6. The van der Waals surface area contributed by atoms with Crippen molar-refractivity contribution < 1.29 is 13.6 Å². The number of hydrogen-bond acceptors (Lipinski definition) is 5. The summed E-state index contributed by atoms with van der Waals surface area (Å²) in [6, 6.07) is 19.2. The van der Waals surface area contributed by atoms with Gasteiger partial charge in [0.15, 0.2) is 11.3 Å². The van der Waals surface area contributed by atoms with Crippen LogP contribution in [0.2, 0.25) is 0 Å². The van der Waals surface area contributed by atoms with Crippen LogP contribution in [0.5, 0.6) is 0 Å².